The summed E-state index contributed by atoms with van der Waals surface area (Å²) >= 11 is 6.09. The quantitative estimate of drug-likeness (QED) is 0.184. The number of halogens is 5. The zero-order valence-electron chi connectivity index (χ0n) is 20.9. The van der Waals surface area contributed by atoms with Crippen LogP contribution in [0.25, 0.3) is 11.0 Å². The number of rotatable bonds is 9. The molecule has 5 rings (SSSR count). The van der Waals surface area contributed by atoms with Crippen molar-refractivity contribution in [2.24, 2.45) is 0 Å². The van der Waals surface area contributed by atoms with Crippen LogP contribution in [0.3, 0.4) is 0 Å². The molecule has 0 saturated heterocycles. The Balaban J connectivity index is 1.62. The molecule has 0 saturated carbocycles. The van der Waals surface area contributed by atoms with Gasteiger partial charge in [0, 0.05) is 12.6 Å². The fourth-order valence-corrected chi connectivity index (χ4v) is 4.44. The number of nitrogens with one attached hydrogen (secondary N) is 2. The molecule has 5 aromatic rings. The molecule has 0 spiro atoms. The van der Waals surface area contributed by atoms with Crippen LogP contribution in [0.5, 0.6) is 5.75 Å². The van der Waals surface area contributed by atoms with Crippen molar-refractivity contribution in [3.8, 4) is 5.75 Å². The topological polar surface area (TPSA) is 102 Å². The van der Waals surface area contributed by atoms with Crippen molar-refractivity contribution >= 4 is 34.4 Å². The molecule has 8 nitrogen and oxygen atoms in total. The van der Waals surface area contributed by atoms with Gasteiger partial charge in [0.05, 0.1) is 16.4 Å². The molecule has 0 aliphatic carbocycles. The number of benzene rings is 3. The molecule has 1 atom stereocenters. The summed E-state index contributed by atoms with van der Waals surface area (Å²) in [6, 6.07) is 21.4. The van der Waals surface area contributed by atoms with Crippen molar-refractivity contribution < 1.29 is 31.7 Å². The summed E-state index contributed by atoms with van der Waals surface area (Å²) in [4.78, 5) is 18.0. The Morgan fingerprint density at radius 2 is 1.76 bits per heavy atom. The molecule has 2 N–H and O–H groups in total. The second kappa shape index (κ2) is 11.4. The molecule has 2 aromatic heterocycles. The van der Waals surface area contributed by atoms with Gasteiger partial charge in [-0.2, -0.15) is 17.6 Å². The summed E-state index contributed by atoms with van der Waals surface area (Å²) in [5.74, 6) is -0.542. The number of ether oxygens (including phenoxy) is 1. The largest absolute Gasteiger partial charge is 0.461 e. The molecule has 210 valence electrons. The predicted molar refractivity (Wildman–Crippen MR) is 142 cm³/mol. The van der Waals surface area contributed by atoms with E-state index in [0.29, 0.717) is 16.1 Å². The first kappa shape index (κ1) is 27.8. The smallest absolute Gasteiger partial charge is 0.428 e. The summed E-state index contributed by atoms with van der Waals surface area (Å²) < 4.78 is 62.6. The van der Waals surface area contributed by atoms with Crippen LogP contribution >= 0.6 is 11.6 Å². The van der Waals surface area contributed by atoms with E-state index in [4.69, 9.17) is 16.2 Å². The number of carbonyl (C=O) groups is 1. The van der Waals surface area contributed by atoms with Crippen molar-refractivity contribution in [1.29, 1.82) is 0 Å². The lowest BCUT2D eigenvalue weighted by Gasteiger charge is -2.35. The second-order valence-electron chi connectivity index (χ2n) is 8.94. The zero-order chi connectivity index (χ0) is 29.0. The lowest BCUT2D eigenvalue weighted by molar-refractivity contribution is -0.253. The Bertz CT molecular complexity index is 1650. The predicted octanol–water partition coefficient (Wildman–Crippen LogP) is 6.82. The second-order valence-corrected chi connectivity index (χ2v) is 9.37. The number of amides is 2. The Kier molecular flexibility index (Phi) is 7.75. The van der Waals surface area contributed by atoms with Crippen LogP contribution in [-0.2, 0) is 12.0 Å². The number of fused-ring (bicyclic) bond motifs is 1. The molecule has 2 amide bonds. The summed E-state index contributed by atoms with van der Waals surface area (Å²) in [6.07, 6.45) is -7.37. The van der Waals surface area contributed by atoms with Gasteiger partial charge in [0.1, 0.15) is 16.8 Å². The zero-order valence-corrected chi connectivity index (χ0v) is 21.7. The highest BCUT2D eigenvalue weighted by molar-refractivity contribution is 6.30. The molecule has 0 radical (unpaired) electrons. The van der Waals surface area contributed by atoms with Crippen molar-refractivity contribution in [3.63, 3.8) is 0 Å². The Hall–Kier alpha value is -4.71. The maximum absolute atomic E-state index is 13.8. The molecule has 2 heterocycles. The number of nitrogens with zero attached hydrogens (tertiary/aromatic N) is 3. The molecule has 3 aromatic carbocycles. The fraction of sp³-hybridized carbons (Fsp3) is 0.143. The summed E-state index contributed by atoms with van der Waals surface area (Å²) in [5.41, 5.74) is 0.679. The first-order chi connectivity index (χ1) is 19.7. The monoisotopic (exact) mass is 585 g/mol. The number of anilines is 1. The van der Waals surface area contributed by atoms with Crippen LogP contribution in [0, 0.1) is 0 Å². The average Bonchev–Trinajstić information content (AvgIpc) is 3.44. The van der Waals surface area contributed by atoms with Gasteiger partial charge in [-0.15, -0.1) is 0 Å². The van der Waals surface area contributed by atoms with E-state index in [1.54, 1.807) is 60.7 Å². The number of pyridine rings is 1. The maximum Gasteiger partial charge on any atom is 0.461 e. The highest BCUT2D eigenvalue weighted by atomic mass is 35.5. The highest BCUT2D eigenvalue weighted by Gasteiger charge is 2.44. The number of urea groups is 1. The van der Waals surface area contributed by atoms with Gasteiger partial charge in [0.15, 0.2) is 5.52 Å². The van der Waals surface area contributed by atoms with E-state index in [-0.39, 0.29) is 23.4 Å². The highest BCUT2D eigenvalue weighted by Crippen LogP contribution is 2.37. The van der Waals surface area contributed by atoms with Gasteiger partial charge in [-0.1, -0.05) is 60.1 Å². The fourth-order valence-electron chi connectivity index (χ4n) is 4.33. The van der Waals surface area contributed by atoms with Gasteiger partial charge < -0.3 is 15.4 Å². The van der Waals surface area contributed by atoms with Crippen LogP contribution in [0.1, 0.15) is 16.8 Å². The van der Waals surface area contributed by atoms with Crippen LogP contribution in [-0.4, -0.2) is 33.9 Å². The molecule has 41 heavy (non-hydrogen) atoms. The minimum Gasteiger partial charge on any atom is -0.428 e. The number of hydrogen-bond acceptors (Lipinski definition) is 6. The number of carbonyl (C=O) groups excluding carboxylic acids is 1. The van der Waals surface area contributed by atoms with Crippen LogP contribution < -0.4 is 15.4 Å². The van der Waals surface area contributed by atoms with Gasteiger partial charge in [-0.3, -0.25) is 4.98 Å². The standard InChI is InChI=1S/C28H20ClF4N5O3/c29-19-12-13-23(34-16-19)27(15-17-6-2-1-3-7-17,18-8-4-9-20(14-18)40-28(32,33)25(30)31)36-26(39)35-21-10-5-11-22-24(21)38-41-37-22/h1-14,16,25H,15H2,(H2,35,36,39). The lowest BCUT2D eigenvalue weighted by Crippen LogP contribution is -2.50. The Morgan fingerprint density at radius 3 is 2.49 bits per heavy atom. The third kappa shape index (κ3) is 6.07. The molecule has 0 aliphatic heterocycles. The molecular weight excluding hydrogens is 566 g/mol. The Labute approximate surface area is 235 Å². The molecule has 13 heteroatoms. The van der Waals surface area contributed by atoms with Crippen molar-refractivity contribution in [1.82, 2.24) is 20.6 Å². The van der Waals surface area contributed by atoms with E-state index in [0.717, 1.165) is 17.7 Å². The third-order valence-corrected chi connectivity index (χ3v) is 6.40. The van der Waals surface area contributed by atoms with Crippen molar-refractivity contribution in [2.75, 3.05) is 5.32 Å². The van der Waals surface area contributed by atoms with Gasteiger partial charge in [-0.05, 0) is 57.8 Å². The van der Waals surface area contributed by atoms with Crippen molar-refractivity contribution in [3.05, 3.63) is 113 Å². The van der Waals surface area contributed by atoms with E-state index in [2.05, 4.69) is 30.7 Å². The van der Waals surface area contributed by atoms with Crippen LogP contribution in [0.15, 0.2) is 95.8 Å². The van der Waals surface area contributed by atoms with Gasteiger partial charge in [0.2, 0.25) is 0 Å². The first-order valence-electron chi connectivity index (χ1n) is 12.1. The normalized spacial score (nSPS) is 13.1. The number of aromatic nitrogens is 3. The number of alkyl halides is 4. The van der Waals surface area contributed by atoms with E-state index in [9.17, 15) is 22.4 Å². The van der Waals surface area contributed by atoms with Crippen LogP contribution in [0.4, 0.5) is 28.0 Å². The molecule has 1 unspecified atom stereocenters. The molecular formula is C28H20ClF4N5O3. The van der Waals surface area contributed by atoms with Gasteiger partial charge in [-0.25, -0.2) is 9.42 Å². The van der Waals surface area contributed by atoms with Crippen molar-refractivity contribution in [2.45, 2.75) is 24.5 Å². The molecule has 0 fully saturated rings. The van der Waals surface area contributed by atoms with E-state index in [1.165, 1.54) is 18.3 Å². The third-order valence-electron chi connectivity index (χ3n) is 6.17. The summed E-state index contributed by atoms with van der Waals surface area (Å²) in [7, 11) is 0. The lowest BCUT2D eigenvalue weighted by atomic mass is 9.80. The maximum atomic E-state index is 13.8. The van der Waals surface area contributed by atoms with Gasteiger partial charge in [0.25, 0.3) is 0 Å². The minimum atomic E-state index is -4.74. The SMILES string of the molecule is O=C(Nc1cccc2nonc12)NC(Cc1ccccc1)(c1cccc(OC(F)(F)C(F)F)c1)c1ccc(Cl)cn1. The first-order valence-corrected chi connectivity index (χ1v) is 12.5. The average molecular weight is 586 g/mol. The van der Waals surface area contributed by atoms with Gasteiger partial charge >= 0.3 is 18.6 Å². The number of hydrogen-bond donors (Lipinski definition) is 2. The van der Waals surface area contributed by atoms with E-state index >= 15 is 0 Å². The van der Waals surface area contributed by atoms with Crippen LogP contribution in [0.2, 0.25) is 5.02 Å². The molecule has 0 aliphatic rings. The summed E-state index contributed by atoms with van der Waals surface area (Å²) in [6.45, 7) is 0. The van der Waals surface area contributed by atoms with E-state index in [1.807, 2.05) is 0 Å². The molecule has 0 bridgehead atoms. The Morgan fingerprint density at radius 1 is 0.976 bits per heavy atom. The minimum absolute atomic E-state index is 0.0697. The van der Waals surface area contributed by atoms with E-state index < -0.39 is 29.9 Å². The summed E-state index contributed by atoms with van der Waals surface area (Å²) in [5, 5.41) is 13.5.